The Bertz CT molecular complexity index is 1790. The van der Waals surface area contributed by atoms with Crippen LogP contribution in [0.2, 0.25) is 0 Å². The van der Waals surface area contributed by atoms with Gasteiger partial charge in [0.1, 0.15) is 19.3 Å². The minimum absolute atomic E-state index is 0.105. The second kappa shape index (κ2) is 62.8. The van der Waals surface area contributed by atoms with Crippen molar-refractivity contribution in [2.75, 3.05) is 39.6 Å². The van der Waals surface area contributed by atoms with E-state index in [0.717, 1.165) is 108 Å². The summed E-state index contributed by atoms with van der Waals surface area (Å²) in [4.78, 5) is 72.7. The van der Waals surface area contributed by atoms with Crippen LogP contribution in [0.1, 0.15) is 363 Å². The van der Waals surface area contributed by atoms with E-state index in [0.29, 0.717) is 25.7 Å². The molecule has 0 radical (unpaired) electrons. The number of aliphatic hydroxyl groups is 1. The molecule has 0 saturated heterocycles. The van der Waals surface area contributed by atoms with E-state index in [2.05, 4.69) is 48.5 Å². The Labute approximate surface area is 556 Å². The Kier molecular flexibility index (Phi) is 61.5. The molecule has 91 heavy (non-hydrogen) atoms. The van der Waals surface area contributed by atoms with E-state index in [9.17, 15) is 43.2 Å². The zero-order chi connectivity index (χ0) is 67.3. The lowest BCUT2D eigenvalue weighted by Crippen LogP contribution is -2.30. The number of hydrogen-bond acceptors (Lipinski definition) is 15. The van der Waals surface area contributed by atoms with Crippen LogP contribution in [0, 0.1) is 17.8 Å². The molecular weight excluding hydrogens is 1200 g/mol. The Morgan fingerprint density at radius 3 is 0.835 bits per heavy atom. The average Bonchev–Trinajstić information content (AvgIpc) is 2.71. The quantitative estimate of drug-likeness (QED) is 0.0222. The van der Waals surface area contributed by atoms with Crippen molar-refractivity contribution in [3.63, 3.8) is 0 Å². The first-order chi connectivity index (χ1) is 43.8. The van der Waals surface area contributed by atoms with Crippen LogP contribution in [0.5, 0.6) is 0 Å². The molecule has 0 aliphatic rings. The van der Waals surface area contributed by atoms with E-state index >= 15 is 0 Å². The minimum Gasteiger partial charge on any atom is -0.462 e. The van der Waals surface area contributed by atoms with E-state index < -0.39 is 97.5 Å². The normalized spacial score (nSPS) is 14.8. The van der Waals surface area contributed by atoms with Gasteiger partial charge in [0, 0.05) is 25.7 Å². The van der Waals surface area contributed by atoms with Gasteiger partial charge in [-0.25, -0.2) is 9.13 Å². The molecule has 0 rings (SSSR count). The van der Waals surface area contributed by atoms with Crippen LogP contribution in [0.4, 0.5) is 0 Å². The number of phosphoric ester groups is 2. The number of aliphatic hydroxyl groups excluding tert-OH is 1. The number of rotatable bonds is 70. The lowest BCUT2D eigenvalue weighted by Gasteiger charge is -2.21. The van der Waals surface area contributed by atoms with Gasteiger partial charge in [-0.2, -0.15) is 0 Å². The first-order valence-electron chi connectivity index (χ1n) is 37.4. The SMILES string of the molecule is CCCCCCCCCCCCCC(=O)OC[C@H](COP(=O)(O)OC[C@H](O)COP(=O)(O)OC[C@@H](COC(=O)CCCCCCCCCCCCC(C)CC)OC(=O)CCCCCCCCCCCCC(C)CC)OC(=O)CCCCCCCCCCCC(C)C. The predicted molar refractivity (Wildman–Crippen MR) is 368 cm³/mol. The van der Waals surface area contributed by atoms with Gasteiger partial charge in [0.15, 0.2) is 12.2 Å². The molecule has 0 aliphatic heterocycles. The second-order valence-corrected chi connectivity index (χ2v) is 29.8. The molecule has 540 valence electrons. The summed E-state index contributed by atoms with van der Waals surface area (Å²) in [7, 11) is -9.91. The van der Waals surface area contributed by atoms with Gasteiger partial charge in [0.25, 0.3) is 0 Å². The largest absolute Gasteiger partial charge is 0.472 e. The third kappa shape index (κ3) is 63.9. The average molecular weight is 1340 g/mol. The molecule has 0 spiro atoms. The summed E-state index contributed by atoms with van der Waals surface area (Å²) in [6.45, 7) is 11.9. The van der Waals surface area contributed by atoms with Gasteiger partial charge in [0.2, 0.25) is 0 Å². The summed E-state index contributed by atoms with van der Waals surface area (Å²) in [6, 6.07) is 0. The molecule has 3 N–H and O–H groups in total. The summed E-state index contributed by atoms with van der Waals surface area (Å²) in [5.74, 6) is 0.226. The number of hydrogen-bond donors (Lipinski definition) is 3. The van der Waals surface area contributed by atoms with Crippen LogP contribution in [-0.2, 0) is 65.4 Å². The van der Waals surface area contributed by atoms with Crippen molar-refractivity contribution in [3.8, 4) is 0 Å². The van der Waals surface area contributed by atoms with Gasteiger partial charge >= 0.3 is 39.5 Å². The van der Waals surface area contributed by atoms with Crippen molar-refractivity contribution in [3.05, 3.63) is 0 Å². The highest BCUT2D eigenvalue weighted by Crippen LogP contribution is 2.45. The molecule has 0 fully saturated rings. The zero-order valence-electron chi connectivity index (χ0n) is 59.3. The summed E-state index contributed by atoms with van der Waals surface area (Å²) >= 11 is 0. The molecule has 7 atom stereocenters. The molecule has 0 bridgehead atoms. The monoisotopic (exact) mass is 1340 g/mol. The highest BCUT2D eigenvalue weighted by Gasteiger charge is 2.30. The Morgan fingerprint density at radius 1 is 0.319 bits per heavy atom. The maximum atomic E-state index is 13.0. The van der Waals surface area contributed by atoms with E-state index in [1.54, 1.807) is 0 Å². The molecule has 17 nitrogen and oxygen atoms in total. The molecular formula is C72H140O17P2. The minimum atomic E-state index is -4.95. The van der Waals surface area contributed by atoms with Crippen molar-refractivity contribution >= 4 is 39.5 Å². The van der Waals surface area contributed by atoms with Gasteiger partial charge < -0.3 is 33.8 Å². The molecule has 0 aromatic heterocycles. The maximum Gasteiger partial charge on any atom is 0.472 e. The molecule has 4 unspecified atom stereocenters. The van der Waals surface area contributed by atoms with E-state index in [-0.39, 0.29) is 25.7 Å². The molecule has 0 aliphatic carbocycles. The Balaban J connectivity index is 5.27. The van der Waals surface area contributed by atoms with Crippen LogP contribution in [-0.4, -0.2) is 96.7 Å². The number of carbonyl (C=O) groups excluding carboxylic acids is 4. The van der Waals surface area contributed by atoms with Gasteiger partial charge in [-0.15, -0.1) is 0 Å². The molecule has 19 heteroatoms. The summed E-state index contributed by atoms with van der Waals surface area (Å²) < 4.78 is 68.4. The van der Waals surface area contributed by atoms with Crippen LogP contribution in [0.15, 0.2) is 0 Å². The third-order valence-electron chi connectivity index (χ3n) is 17.4. The zero-order valence-corrected chi connectivity index (χ0v) is 61.1. The Hall–Kier alpha value is -1.94. The molecule has 0 aromatic carbocycles. The number of carbonyl (C=O) groups is 4. The fourth-order valence-corrected chi connectivity index (χ4v) is 12.4. The number of ether oxygens (including phenoxy) is 4. The van der Waals surface area contributed by atoms with Crippen LogP contribution in [0.25, 0.3) is 0 Å². The smallest absolute Gasteiger partial charge is 0.462 e. The lowest BCUT2D eigenvalue weighted by atomic mass is 9.99. The second-order valence-electron chi connectivity index (χ2n) is 26.9. The number of esters is 4. The first kappa shape index (κ1) is 89.1. The van der Waals surface area contributed by atoms with Crippen molar-refractivity contribution in [1.82, 2.24) is 0 Å². The van der Waals surface area contributed by atoms with E-state index in [1.807, 2.05) is 0 Å². The molecule has 0 aromatic rings. The van der Waals surface area contributed by atoms with Crippen molar-refractivity contribution in [2.24, 2.45) is 17.8 Å². The van der Waals surface area contributed by atoms with Gasteiger partial charge in [-0.3, -0.25) is 37.3 Å². The molecule has 0 amide bonds. The lowest BCUT2D eigenvalue weighted by molar-refractivity contribution is -0.161. The van der Waals surface area contributed by atoms with Crippen LogP contribution >= 0.6 is 15.6 Å². The van der Waals surface area contributed by atoms with Gasteiger partial charge in [-0.1, -0.05) is 312 Å². The van der Waals surface area contributed by atoms with Crippen molar-refractivity contribution < 1.29 is 80.2 Å². The van der Waals surface area contributed by atoms with Gasteiger partial charge in [-0.05, 0) is 43.4 Å². The molecule has 0 heterocycles. The van der Waals surface area contributed by atoms with E-state index in [1.165, 1.54) is 173 Å². The highest BCUT2D eigenvalue weighted by atomic mass is 31.2. The van der Waals surface area contributed by atoms with Crippen molar-refractivity contribution in [2.45, 2.75) is 381 Å². The standard InChI is InChI=1S/C72H140O17P2/c1-8-11-12-13-14-15-16-25-32-39-46-53-69(74)82-60-68(89-72(77)56-49-42-35-28-21-22-29-36-43-50-63(4)5)62-87-91(80,81)85-58-66(73)57-84-90(78,79)86-61-67(88-71(76)55-48-41-34-27-20-18-24-31-38-45-52-65(7)10-3)59-83-70(75)54-47-40-33-26-19-17-23-30-37-44-51-64(6)9-2/h63-68,73H,8-62H2,1-7H3,(H,78,79)(H,80,81)/t64?,65?,66-,67-,68-/m1/s1. The topological polar surface area (TPSA) is 237 Å². The van der Waals surface area contributed by atoms with Crippen molar-refractivity contribution in [1.29, 1.82) is 0 Å². The summed E-state index contributed by atoms with van der Waals surface area (Å²) in [5, 5.41) is 10.6. The fourth-order valence-electron chi connectivity index (χ4n) is 10.8. The Morgan fingerprint density at radius 2 is 0.560 bits per heavy atom. The first-order valence-corrected chi connectivity index (χ1v) is 40.4. The fraction of sp³-hybridized carbons (Fsp3) is 0.944. The van der Waals surface area contributed by atoms with Crippen LogP contribution in [0.3, 0.4) is 0 Å². The predicted octanol–water partition coefficient (Wildman–Crippen LogP) is 20.6. The molecule has 0 saturated carbocycles. The van der Waals surface area contributed by atoms with E-state index in [4.69, 9.17) is 37.0 Å². The van der Waals surface area contributed by atoms with Gasteiger partial charge in [0.05, 0.1) is 26.4 Å². The number of unbranched alkanes of at least 4 members (excludes halogenated alkanes) is 36. The summed E-state index contributed by atoms with van der Waals surface area (Å²) in [6.07, 6.45) is 46.9. The maximum absolute atomic E-state index is 13.0. The third-order valence-corrected chi connectivity index (χ3v) is 19.3. The number of phosphoric acid groups is 2. The summed E-state index contributed by atoms with van der Waals surface area (Å²) in [5.41, 5.74) is 0. The highest BCUT2D eigenvalue weighted by molar-refractivity contribution is 7.47. The van der Waals surface area contributed by atoms with Crippen LogP contribution < -0.4 is 0 Å².